The van der Waals surface area contributed by atoms with E-state index in [-0.39, 0.29) is 43.3 Å². The van der Waals surface area contributed by atoms with Crippen molar-refractivity contribution in [3.05, 3.63) is 0 Å². The SMILES string of the molecule is CCCC1CCCCCCCC2(CCNC2=O)C[C@@H](C(O)P(=O)(OCC)OCC)NC(=O)[C@H](CC(C)C)NC1=O. The van der Waals surface area contributed by atoms with E-state index < -0.39 is 36.8 Å². The van der Waals surface area contributed by atoms with Crippen molar-refractivity contribution in [3.8, 4) is 0 Å². The van der Waals surface area contributed by atoms with E-state index in [4.69, 9.17) is 9.05 Å². The van der Waals surface area contributed by atoms with Gasteiger partial charge in [-0.1, -0.05) is 59.3 Å². The van der Waals surface area contributed by atoms with Crippen molar-refractivity contribution >= 4 is 25.3 Å². The number of amides is 3. The first-order valence-corrected chi connectivity index (χ1v) is 17.1. The maximum atomic E-state index is 13.8. The maximum Gasteiger partial charge on any atom is 0.360 e. The number of aliphatic hydroxyl groups is 1. The topological polar surface area (TPSA) is 143 Å². The Morgan fingerprint density at radius 2 is 1.60 bits per heavy atom. The predicted octanol–water partition coefficient (Wildman–Crippen LogP) is 4.64. The highest BCUT2D eigenvalue weighted by Gasteiger charge is 2.49. The minimum Gasteiger partial charge on any atom is -0.379 e. The molecule has 1 spiro atoms. The normalized spacial score (nSPS) is 28.8. The van der Waals surface area contributed by atoms with Crippen LogP contribution < -0.4 is 16.0 Å². The summed E-state index contributed by atoms with van der Waals surface area (Å²) in [5.41, 5.74) is -0.817. The molecule has 0 radical (unpaired) electrons. The summed E-state index contributed by atoms with van der Waals surface area (Å²) in [7, 11) is -4.04. The van der Waals surface area contributed by atoms with Crippen LogP contribution in [0.1, 0.15) is 112 Å². The molecule has 3 unspecified atom stereocenters. The van der Waals surface area contributed by atoms with E-state index in [0.717, 1.165) is 51.4 Å². The van der Waals surface area contributed by atoms with E-state index in [1.54, 1.807) is 13.8 Å². The van der Waals surface area contributed by atoms with E-state index >= 15 is 0 Å². The first-order valence-electron chi connectivity index (χ1n) is 15.5. The molecule has 0 aromatic heterocycles. The van der Waals surface area contributed by atoms with Gasteiger partial charge in [-0.05, 0) is 58.3 Å². The molecule has 2 saturated heterocycles. The second kappa shape index (κ2) is 16.8. The molecule has 232 valence electrons. The second-order valence-corrected chi connectivity index (χ2v) is 14.0. The van der Waals surface area contributed by atoms with Crippen LogP contribution in [0.5, 0.6) is 0 Å². The summed E-state index contributed by atoms with van der Waals surface area (Å²) in [4.78, 5) is 40.3. The summed E-state index contributed by atoms with van der Waals surface area (Å²) >= 11 is 0. The van der Waals surface area contributed by atoms with Crippen molar-refractivity contribution in [2.24, 2.45) is 17.3 Å². The molecule has 0 aliphatic carbocycles. The van der Waals surface area contributed by atoms with Crippen LogP contribution in [0.2, 0.25) is 0 Å². The van der Waals surface area contributed by atoms with E-state index in [0.29, 0.717) is 25.8 Å². The molecule has 2 aliphatic heterocycles. The van der Waals surface area contributed by atoms with Crippen LogP contribution >= 0.6 is 7.60 Å². The average Bonchev–Trinajstić information content (AvgIpc) is 3.25. The number of carbonyl (C=O) groups excluding carboxylic acids is 3. The van der Waals surface area contributed by atoms with Gasteiger partial charge in [0.2, 0.25) is 17.7 Å². The van der Waals surface area contributed by atoms with Gasteiger partial charge in [-0.3, -0.25) is 18.9 Å². The third kappa shape index (κ3) is 9.81. The second-order valence-electron chi connectivity index (χ2n) is 11.9. The summed E-state index contributed by atoms with van der Waals surface area (Å²) in [6.07, 6.45) is 8.82. The van der Waals surface area contributed by atoms with Gasteiger partial charge in [0.05, 0.1) is 24.7 Å². The molecule has 2 heterocycles. The zero-order valence-corrected chi connectivity index (χ0v) is 26.2. The van der Waals surface area contributed by atoms with E-state index in [9.17, 15) is 24.1 Å². The molecule has 0 aromatic rings. The van der Waals surface area contributed by atoms with E-state index in [2.05, 4.69) is 22.9 Å². The number of hydrogen-bond acceptors (Lipinski definition) is 7. The number of aliphatic hydroxyl groups excluding tert-OH is 1. The molecule has 10 nitrogen and oxygen atoms in total. The molecule has 3 amide bonds. The van der Waals surface area contributed by atoms with Gasteiger partial charge < -0.3 is 30.1 Å². The Morgan fingerprint density at radius 1 is 0.950 bits per heavy atom. The predicted molar refractivity (Wildman–Crippen MR) is 156 cm³/mol. The van der Waals surface area contributed by atoms with Crippen molar-refractivity contribution in [1.82, 2.24) is 16.0 Å². The number of carbonyl (C=O) groups is 3. The fourth-order valence-electron chi connectivity index (χ4n) is 6.09. The standard InChI is InChI=1S/C29H54N3O7P/c1-6-14-22-15-12-10-9-11-13-16-29(17-18-30-28(29)36)20-24(27(35)40(37,38-7-2)39-8-3)32-26(34)23(19-21(4)5)31-25(22)33/h21-24,27,35H,6-20H2,1-5H3,(H,30,36)(H,31,33)(H,32,34)/t22?,23-,24-,27?,29?/m0/s1. The zero-order valence-electron chi connectivity index (χ0n) is 25.3. The van der Waals surface area contributed by atoms with Gasteiger partial charge in [-0.25, -0.2) is 0 Å². The smallest absolute Gasteiger partial charge is 0.360 e. The summed E-state index contributed by atoms with van der Waals surface area (Å²) < 4.78 is 24.6. The monoisotopic (exact) mass is 587 g/mol. The number of hydrogen-bond donors (Lipinski definition) is 4. The fraction of sp³-hybridized carbons (Fsp3) is 0.897. The van der Waals surface area contributed by atoms with Gasteiger partial charge in [0, 0.05) is 12.5 Å². The van der Waals surface area contributed by atoms with Gasteiger partial charge in [0.1, 0.15) is 6.04 Å². The average molecular weight is 588 g/mol. The van der Waals surface area contributed by atoms with Crippen molar-refractivity contribution in [1.29, 1.82) is 0 Å². The minimum atomic E-state index is -4.04. The van der Waals surface area contributed by atoms with Crippen molar-refractivity contribution in [2.75, 3.05) is 19.8 Å². The highest BCUT2D eigenvalue weighted by Crippen LogP contribution is 2.54. The van der Waals surface area contributed by atoms with E-state index in [1.807, 2.05) is 13.8 Å². The summed E-state index contributed by atoms with van der Waals surface area (Å²) in [6, 6.07) is -1.91. The minimum absolute atomic E-state index is 0.0471. The van der Waals surface area contributed by atoms with Crippen LogP contribution in [0.15, 0.2) is 0 Å². The Hall–Kier alpha value is -1.48. The van der Waals surface area contributed by atoms with Crippen LogP contribution in [0.3, 0.4) is 0 Å². The van der Waals surface area contributed by atoms with Crippen LogP contribution in [-0.4, -0.2) is 60.5 Å². The first kappa shape index (κ1) is 34.7. The quantitative estimate of drug-likeness (QED) is 0.273. The zero-order chi connectivity index (χ0) is 29.8. The molecule has 2 fully saturated rings. The number of nitrogens with one attached hydrogen (secondary N) is 3. The third-order valence-corrected chi connectivity index (χ3v) is 10.4. The van der Waals surface area contributed by atoms with Gasteiger partial charge >= 0.3 is 7.60 Å². The lowest BCUT2D eigenvalue weighted by Gasteiger charge is -2.36. The highest BCUT2D eigenvalue weighted by atomic mass is 31.2. The summed E-state index contributed by atoms with van der Waals surface area (Å²) in [5.74, 6) is -2.45. The molecule has 0 bridgehead atoms. The Kier molecular flexibility index (Phi) is 14.6. The molecule has 5 atom stereocenters. The van der Waals surface area contributed by atoms with Crippen LogP contribution in [-0.2, 0) is 28.0 Å². The molecular formula is C29H54N3O7P. The van der Waals surface area contributed by atoms with Gasteiger partial charge in [0.25, 0.3) is 0 Å². The Morgan fingerprint density at radius 3 is 2.17 bits per heavy atom. The van der Waals surface area contributed by atoms with E-state index in [1.165, 1.54) is 0 Å². The van der Waals surface area contributed by atoms with Crippen LogP contribution in [0.25, 0.3) is 0 Å². The molecular weight excluding hydrogens is 533 g/mol. The van der Waals surface area contributed by atoms with Crippen molar-refractivity contribution in [2.45, 2.75) is 130 Å². The molecule has 40 heavy (non-hydrogen) atoms. The lowest BCUT2D eigenvalue weighted by molar-refractivity contribution is -0.133. The number of rotatable bonds is 10. The molecule has 0 aromatic carbocycles. The van der Waals surface area contributed by atoms with Gasteiger partial charge in [-0.15, -0.1) is 0 Å². The lowest BCUT2D eigenvalue weighted by atomic mass is 9.75. The molecule has 2 rings (SSSR count). The maximum absolute atomic E-state index is 13.8. The highest BCUT2D eigenvalue weighted by molar-refractivity contribution is 7.54. The first-order chi connectivity index (χ1) is 19.0. The largest absolute Gasteiger partial charge is 0.379 e. The van der Waals surface area contributed by atoms with Gasteiger partial charge in [0.15, 0.2) is 5.85 Å². The Balaban J connectivity index is 2.49. The van der Waals surface area contributed by atoms with Gasteiger partial charge in [-0.2, -0.15) is 0 Å². The molecule has 4 N–H and O–H groups in total. The van der Waals surface area contributed by atoms with Crippen LogP contribution in [0.4, 0.5) is 0 Å². The molecule has 2 aliphatic rings. The molecule has 0 saturated carbocycles. The Labute approximate surface area is 241 Å². The van der Waals surface area contributed by atoms with Crippen molar-refractivity contribution in [3.63, 3.8) is 0 Å². The Bertz CT molecular complexity index is 861. The summed E-state index contributed by atoms with van der Waals surface area (Å²) in [6.45, 7) is 9.92. The van der Waals surface area contributed by atoms with Crippen molar-refractivity contribution < 1.29 is 33.1 Å². The fourth-order valence-corrected chi connectivity index (χ4v) is 7.81. The summed E-state index contributed by atoms with van der Waals surface area (Å²) in [5, 5.41) is 20.3. The lowest BCUT2D eigenvalue weighted by Crippen LogP contribution is -2.55. The van der Waals surface area contributed by atoms with Crippen LogP contribution in [0, 0.1) is 17.3 Å². The molecule has 11 heteroatoms. The third-order valence-electron chi connectivity index (χ3n) is 8.17.